The first-order valence-corrected chi connectivity index (χ1v) is 8.61. The van der Waals surface area contributed by atoms with Gasteiger partial charge in [0.25, 0.3) is 0 Å². The van der Waals surface area contributed by atoms with Crippen LogP contribution in [0.25, 0.3) is 0 Å². The quantitative estimate of drug-likeness (QED) is 0.922. The van der Waals surface area contributed by atoms with E-state index in [2.05, 4.69) is 5.32 Å². The van der Waals surface area contributed by atoms with Crippen LogP contribution in [0.15, 0.2) is 47.4 Å². The smallest absolute Gasteiger partial charge is 0.237 e. The average Bonchev–Trinajstić information content (AvgIpc) is 2.57. The van der Waals surface area contributed by atoms with Crippen molar-refractivity contribution in [2.75, 3.05) is 22.5 Å². The van der Waals surface area contributed by atoms with Gasteiger partial charge >= 0.3 is 0 Å². The molecule has 0 atom stereocenters. The molecule has 0 saturated carbocycles. The number of halogens is 1. The van der Waals surface area contributed by atoms with E-state index in [1.807, 2.05) is 24.3 Å². The highest BCUT2D eigenvalue weighted by Gasteiger charge is 2.24. The van der Waals surface area contributed by atoms with Crippen LogP contribution < -0.4 is 10.2 Å². The average molecular weight is 344 g/mol. The molecule has 0 aliphatic carbocycles. The van der Waals surface area contributed by atoms with E-state index in [0.29, 0.717) is 23.5 Å². The Morgan fingerprint density at radius 1 is 1.29 bits per heavy atom. The van der Waals surface area contributed by atoms with Crippen molar-refractivity contribution in [3.8, 4) is 0 Å². The molecule has 0 fully saturated rings. The molecule has 2 aromatic carbocycles. The van der Waals surface area contributed by atoms with Crippen LogP contribution in [-0.4, -0.2) is 24.1 Å². The molecule has 0 aromatic heterocycles. The van der Waals surface area contributed by atoms with Crippen LogP contribution in [-0.2, 0) is 9.59 Å². The summed E-state index contributed by atoms with van der Waals surface area (Å²) in [6.45, 7) is 1.97. The minimum Gasteiger partial charge on any atom is -0.326 e. The molecular weight excluding hydrogens is 327 g/mol. The van der Waals surface area contributed by atoms with E-state index in [4.69, 9.17) is 0 Å². The van der Waals surface area contributed by atoms with Gasteiger partial charge in [0, 0.05) is 23.5 Å². The summed E-state index contributed by atoms with van der Waals surface area (Å²) in [6.07, 6.45) is 0.153. The molecule has 0 unspecified atom stereocenters. The number of aryl methyl sites for hydroxylation is 1. The molecule has 1 aliphatic rings. The Morgan fingerprint density at radius 2 is 2.08 bits per heavy atom. The van der Waals surface area contributed by atoms with Crippen LogP contribution in [0.5, 0.6) is 0 Å². The maximum absolute atomic E-state index is 13.5. The number of hydrogen-bond acceptors (Lipinski definition) is 3. The number of benzene rings is 2. The number of carbonyl (C=O) groups is 2. The first-order chi connectivity index (χ1) is 11.5. The minimum atomic E-state index is -0.357. The minimum absolute atomic E-state index is 0.00659. The lowest BCUT2D eigenvalue weighted by molar-refractivity contribution is -0.117. The molecule has 1 heterocycles. The van der Waals surface area contributed by atoms with Crippen molar-refractivity contribution in [3.63, 3.8) is 0 Å². The molecule has 24 heavy (non-hydrogen) atoms. The Balaban J connectivity index is 1.64. The van der Waals surface area contributed by atoms with Gasteiger partial charge in [-0.2, -0.15) is 0 Å². The molecule has 6 heteroatoms. The van der Waals surface area contributed by atoms with Crippen LogP contribution in [0, 0.1) is 12.7 Å². The summed E-state index contributed by atoms with van der Waals surface area (Å²) < 4.78 is 13.5. The van der Waals surface area contributed by atoms with E-state index in [-0.39, 0.29) is 24.1 Å². The highest BCUT2D eigenvalue weighted by atomic mass is 32.2. The summed E-state index contributed by atoms with van der Waals surface area (Å²) in [6, 6.07) is 12.2. The molecule has 2 aromatic rings. The van der Waals surface area contributed by atoms with Gasteiger partial charge in [-0.1, -0.05) is 18.2 Å². The lowest BCUT2D eigenvalue weighted by Crippen LogP contribution is -2.37. The Hall–Kier alpha value is -2.34. The molecule has 0 spiro atoms. The largest absolute Gasteiger partial charge is 0.326 e. The molecule has 3 rings (SSSR count). The number of amides is 2. The van der Waals surface area contributed by atoms with Crippen molar-refractivity contribution in [1.82, 2.24) is 0 Å². The summed E-state index contributed by atoms with van der Waals surface area (Å²) in [5, 5.41) is 2.67. The van der Waals surface area contributed by atoms with Gasteiger partial charge in [0.05, 0.1) is 11.4 Å². The fraction of sp³-hybridized carbons (Fsp3) is 0.222. The lowest BCUT2D eigenvalue weighted by atomic mass is 10.2. The third kappa shape index (κ3) is 3.59. The summed E-state index contributed by atoms with van der Waals surface area (Å²) in [4.78, 5) is 26.9. The topological polar surface area (TPSA) is 49.4 Å². The number of carbonyl (C=O) groups excluding carboxylic acids is 2. The zero-order valence-corrected chi connectivity index (χ0v) is 14.0. The number of anilines is 2. The molecule has 0 radical (unpaired) electrons. The molecule has 1 aliphatic heterocycles. The Morgan fingerprint density at radius 3 is 2.88 bits per heavy atom. The van der Waals surface area contributed by atoms with E-state index in [0.717, 1.165) is 10.6 Å². The number of nitrogens with one attached hydrogen (secondary N) is 1. The van der Waals surface area contributed by atoms with Gasteiger partial charge in [-0.05, 0) is 36.8 Å². The van der Waals surface area contributed by atoms with Gasteiger partial charge < -0.3 is 10.2 Å². The SMILES string of the molecule is Cc1ccc(NC(=O)CCN2C(=O)CSc3ccccc32)cc1F. The molecule has 0 saturated heterocycles. The lowest BCUT2D eigenvalue weighted by Gasteiger charge is -2.28. The van der Waals surface area contributed by atoms with E-state index >= 15 is 0 Å². The number of para-hydroxylation sites is 1. The summed E-state index contributed by atoms with van der Waals surface area (Å²) in [5.74, 6) is -0.235. The van der Waals surface area contributed by atoms with Gasteiger partial charge in [0.1, 0.15) is 5.82 Å². The number of thioether (sulfide) groups is 1. The number of fused-ring (bicyclic) bond motifs is 1. The molecule has 124 valence electrons. The maximum Gasteiger partial charge on any atom is 0.237 e. The third-order valence-electron chi connectivity index (χ3n) is 3.83. The first-order valence-electron chi connectivity index (χ1n) is 7.63. The molecule has 2 amide bonds. The van der Waals surface area contributed by atoms with Crippen molar-refractivity contribution >= 4 is 35.0 Å². The summed E-state index contributed by atoms with van der Waals surface area (Å²) in [7, 11) is 0. The van der Waals surface area contributed by atoms with Crippen molar-refractivity contribution in [2.24, 2.45) is 0 Å². The van der Waals surface area contributed by atoms with Crippen molar-refractivity contribution in [2.45, 2.75) is 18.2 Å². The summed E-state index contributed by atoms with van der Waals surface area (Å²) in [5.41, 5.74) is 1.79. The van der Waals surface area contributed by atoms with Gasteiger partial charge in [0.15, 0.2) is 0 Å². The molecular formula is C18H17FN2O2S. The molecule has 1 N–H and O–H groups in total. The van der Waals surface area contributed by atoms with Crippen LogP contribution in [0.4, 0.5) is 15.8 Å². The fourth-order valence-electron chi connectivity index (χ4n) is 2.51. The van der Waals surface area contributed by atoms with E-state index in [1.165, 1.54) is 17.8 Å². The van der Waals surface area contributed by atoms with Gasteiger partial charge in [-0.3, -0.25) is 9.59 Å². The van der Waals surface area contributed by atoms with Crippen LogP contribution >= 0.6 is 11.8 Å². The zero-order valence-electron chi connectivity index (χ0n) is 13.2. The van der Waals surface area contributed by atoms with Crippen molar-refractivity contribution in [3.05, 3.63) is 53.8 Å². The van der Waals surface area contributed by atoms with Crippen molar-refractivity contribution in [1.29, 1.82) is 0 Å². The normalized spacial score (nSPS) is 13.6. The fourth-order valence-corrected chi connectivity index (χ4v) is 3.44. The van der Waals surface area contributed by atoms with Crippen LogP contribution in [0.2, 0.25) is 0 Å². The van der Waals surface area contributed by atoms with Gasteiger partial charge in [0.2, 0.25) is 11.8 Å². The molecule has 4 nitrogen and oxygen atoms in total. The Kier molecular flexibility index (Phi) is 4.85. The van der Waals surface area contributed by atoms with Crippen LogP contribution in [0.3, 0.4) is 0 Å². The van der Waals surface area contributed by atoms with Crippen molar-refractivity contribution < 1.29 is 14.0 Å². The predicted octanol–water partition coefficient (Wildman–Crippen LogP) is 3.60. The van der Waals surface area contributed by atoms with E-state index in [1.54, 1.807) is 24.0 Å². The van der Waals surface area contributed by atoms with E-state index in [9.17, 15) is 14.0 Å². The predicted molar refractivity (Wildman–Crippen MR) is 93.9 cm³/mol. The Labute approximate surface area is 144 Å². The van der Waals surface area contributed by atoms with E-state index < -0.39 is 0 Å². The highest BCUT2D eigenvalue weighted by molar-refractivity contribution is 8.00. The van der Waals surface area contributed by atoms with Crippen LogP contribution in [0.1, 0.15) is 12.0 Å². The van der Waals surface area contributed by atoms with Gasteiger partial charge in [-0.25, -0.2) is 4.39 Å². The number of hydrogen-bond donors (Lipinski definition) is 1. The first kappa shape index (κ1) is 16.5. The zero-order chi connectivity index (χ0) is 17.1. The standard InChI is InChI=1S/C18H17FN2O2S/c1-12-6-7-13(10-14(12)19)20-17(22)8-9-21-15-4-2-3-5-16(15)24-11-18(21)23/h2-7,10H,8-9,11H2,1H3,(H,20,22). The van der Waals surface area contributed by atoms with Gasteiger partial charge in [-0.15, -0.1) is 11.8 Å². The highest BCUT2D eigenvalue weighted by Crippen LogP contribution is 2.34. The summed E-state index contributed by atoms with van der Waals surface area (Å²) >= 11 is 1.51. The third-order valence-corrected chi connectivity index (χ3v) is 4.87. The second-order valence-corrected chi connectivity index (χ2v) is 6.58. The number of rotatable bonds is 4. The second kappa shape index (κ2) is 7.05. The number of nitrogens with zero attached hydrogens (tertiary/aromatic N) is 1. The second-order valence-electron chi connectivity index (χ2n) is 5.56. The maximum atomic E-state index is 13.5. The Bertz CT molecular complexity index is 794. The monoisotopic (exact) mass is 344 g/mol. The molecule has 0 bridgehead atoms.